The number of amides is 1. The highest BCUT2D eigenvalue weighted by molar-refractivity contribution is 5.93. The van der Waals surface area contributed by atoms with E-state index in [1.165, 1.54) is 24.4 Å². The molecular formula is C18H15F2N5O. The van der Waals surface area contributed by atoms with Crippen LogP contribution in [0.2, 0.25) is 0 Å². The number of primary amides is 1. The Balaban J connectivity index is 1.70. The van der Waals surface area contributed by atoms with Crippen molar-refractivity contribution in [2.45, 2.75) is 5.92 Å². The number of benzene rings is 1. The Labute approximate surface area is 148 Å². The summed E-state index contributed by atoms with van der Waals surface area (Å²) in [7, 11) is 0. The molecule has 0 unspecified atom stereocenters. The Bertz CT molecular complexity index is 901. The normalized spacial score (nSPS) is 11.2. The molecule has 0 aliphatic rings. The molecule has 0 aliphatic carbocycles. The molecule has 6 nitrogen and oxygen atoms in total. The number of nitrogens with zero attached hydrogens (tertiary/aromatic N) is 3. The first-order valence-corrected chi connectivity index (χ1v) is 7.73. The van der Waals surface area contributed by atoms with Gasteiger partial charge >= 0.3 is 5.92 Å². The first-order valence-electron chi connectivity index (χ1n) is 7.73. The lowest BCUT2D eigenvalue weighted by Crippen LogP contribution is -2.26. The highest BCUT2D eigenvalue weighted by atomic mass is 19.3. The van der Waals surface area contributed by atoms with Crippen molar-refractivity contribution >= 4 is 11.7 Å². The number of alkyl halides is 2. The van der Waals surface area contributed by atoms with Gasteiger partial charge in [-0.1, -0.05) is 18.2 Å². The van der Waals surface area contributed by atoms with Gasteiger partial charge in [-0.2, -0.15) is 8.78 Å². The van der Waals surface area contributed by atoms with Gasteiger partial charge in [0.05, 0.1) is 12.2 Å². The average Bonchev–Trinajstić information content (AvgIpc) is 2.68. The van der Waals surface area contributed by atoms with Gasteiger partial charge < -0.3 is 11.1 Å². The van der Waals surface area contributed by atoms with Gasteiger partial charge in [-0.3, -0.25) is 9.78 Å². The van der Waals surface area contributed by atoms with Crippen LogP contribution in [0.1, 0.15) is 16.1 Å². The monoisotopic (exact) mass is 355 g/mol. The van der Waals surface area contributed by atoms with E-state index in [-0.39, 0.29) is 11.5 Å². The van der Waals surface area contributed by atoms with E-state index in [0.717, 1.165) is 0 Å². The van der Waals surface area contributed by atoms with Crippen LogP contribution in [-0.4, -0.2) is 27.6 Å². The zero-order valence-electron chi connectivity index (χ0n) is 13.6. The Kier molecular flexibility index (Phi) is 4.83. The van der Waals surface area contributed by atoms with Crippen LogP contribution >= 0.6 is 0 Å². The molecule has 2 aromatic heterocycles. The molecule has 1 aromatic carbocycles. The van der Waals surface area contributed by atoms with Crippen molar-refractivity contribution in [1.82, 2.24) is 15.2 Å². The zero-order valence-corrected chi connectivity index (χ0v) is 13.6. The van der Waals surface area contributed by atoms with Crippen molar-refractivity contribution < 1.29 is 13.6 Å². The van der Waals surface area contributed by atoms with Gasteiger partial charge in [-0.15, -0.1) is 10.2 Å². The predicted octanol–water partition coefficient (Wildman–Crippen LogP) is 2.84. The Morgan fingerprint density at radius 3 is 2.58 bits per heavy atom. The number of carbonyl (C=O) groups excluding carboxylic acids is 1. The molecule has 0 bridgehead atoms. The van der Waals surface area contributed by atoms with Crippen LogP contribution < -0.4 is 11.1 Å². The second kappa shape index (κ2) is 7.22. The maximum Gasteiger partial charge on any atom is 0.306 e. The predicted molar refractivity (Wildman–Crippen MR) is 92.6 cm³/mol. The molecule has 0 fully saturated rings. The molecule has 3 N–H and O–H groups in total. The maximum atomic E-state index is 14.1. The topological polar surface area (TPSA) is 93.8 Å². The van der Waals surface area contributed by atoms with E-state index < -0.39 is 18.4 Å². The molecule has 0 saturated carbocycles. The largest absolute Gasteiger partial charge is 0.366 e. The van der Waals surface area contributed by atoms with Crippen LogP contribution in [0.25, 0.3) is 11.3 Å². The van der Waals surface area contributed by atoms with Crippen LogP contribution in [0.3, 0.4) is 0 Å². The molecule has 0 spiro atoms. The SMILES string of the molecule is NC(=O)c1cccc(-c2ccc(NCC(F)(F)c3ccccn3)nn2)c1. The van der Waals surface area contributed by atoms with E-state index in [0.29, 0.717) is 16.8 Å². The van der Waals surface area contributed by atoms with Gasteiger partial charge in [0.2, 0.25) is 5.91 Å². The number of halogens is 2. The summed E-state index contributed by atoms with van der Waals surface area (Å²) in [6, 6.07) is 14.1. The van der Waals surface area contributed by atoms with Gasteiger partial charge in [0.25, 0.3) is 0 Å². The fourth-order valence-corrected chi connectivity index (χ4v) is 2.28. The Hall–Kier alpha value is -3.42. The minimum atomic E-state index is -3.14. The number of nitrogens with two attached hydrogens (primary N) is 1. The van der Waals surface area contributed by atoms with Crippen LogP contribution in [-0.2, 0) is 5.92 Å². The molecule has 1 amide bonds. The molecule has 8 heteroatoms. The summed E-state index contributed by atoms with van der Waals surface area (Å²) in [5, 5.41) is 10.4. The molecule has 0 aliphatic heterocycles. The molecule has 2 heterocycles. The summed E-state index contributed by atoms with van der Waals surface area (Å²) in [6.07, 6.45) is 1.32. The Morgan fingerprint density at radius 2 is 1.92 bits per heavy atom. The lowest BCUT2D eigenvalue weighted by atomic mass is 10.1. The first-order chi connectivity index (χ1) is 12.5. The quantitative estimate of drug-likeness (QED) is 0.709. The molecule has 3 aromatic rings. The lowest BCUT2D eigenvalue weighted by molar-refractivity contribution is 0.00590. The smallest absolute Gasteiger partial charge is 0.306 e. The van der Waals surface area contributed by atoms with Crippen molar-refractivity contribution in [1.29, 1.82) is 0 Å². The lowest BCUT2D eigenvalue weighted by Gasteiger charge is -2.16. The maximum absolute atomic E-state index is 14.1. The van der Waals surface area contributed by atoms with Gasteiger partial charge in [-0.25, -0.2) is 0 Å². The minimum Gasteiger partial charge on any atom is -0.366 e. The number of aromatic nitrogens is 3. The average molecular weight is 355 g/mol. The van der Waals surface area contributed by atoms with Crippen LogP contribution in [0.4, 0.5) is 14.6 Å². The highest BCUT2D eigenvalue weighted by Crippen LogP contribution is 2.26. The van der Waals surface area contributed by atoms with Gasteiger partial charge in [0.1, 0.15) is 11.5 Å². The number of rotatable bonds is 6. The first kappa shape index (κ1) is 17.4. The van der Waals surface area contributed by atoms with Crippen molar-refractivity contribution in [3.63, 3.8) is 0 Å². The fourth-order valence-electron chi connectivity index (χ4n) is 2.28. The second-order valence-corrected chi connectivity index (χ2v) is 5.52. The summed E-state index contributed by atoms with van der Waals surface area (Å²) in [4.78, 5) is 14.9. The Morgan fingerprint density at radius 1 is 1.08 bits per heavy atom. The van der Waals surface area contributed by atoms with E-state index in [2.05, 4.69) is 20.5 Å². The number of anilines is 1. The minimum absolute atomic E-state index is 0.204. The third-order valence-corrected chi connectivity index (χ3v) is 3.64. The molecule has 0 saturated heterocycles. The highest BCUT2D eigenvalue weighted by Gasteiger charge is 2.32. The summed E-state index contributed by atoms with van der Waals surface area (Å²) in [5.74, 6) is -3.48. The van der Waals surface area contributed by atoms with E-state index in [1.807, 2.05) is 0 Å². The van der Waals surface area contributed by atoms with Crippen molar-refractivity contribution in [3.05, 3.63) is 72.1 Å². The van der Waals surface area contributed by atoms with Crippen LogP contribution in [0.15, 0.2) is 60.8 Å². The van der Waals surface area contributed by atoms with E-state index in [4.69, 9.17) is 5.73 Å². The number of hydrogen-bond acceptors (Lipinski definition) is 5. The van der Waals surface area contributed by atoms with E-state index in [9.17, 15) is 13.6 Å². The number of hydrogen-bond donors (Lipinski definition) is 2. The number of carbonyl (C=O) groups is 1. The molecule has 0 atom stereocenters. The van der Waals surface area contributed by atoms with Gasteiger partial charge in [0, 0.05) is 17.3 Å². The van der Waals surface area contributed by atoms with Crippen molar-refractivity contribution in [3.8, 4) is 11.3 Å². The van der Waals surface area contributed by atoms with Crippen LogP contribution in [0.5, 0.6) is 0 Å². The van der Waals surface area contributed by atoms with Crippen molar-refractivity contribution in [2.75, 3.05) is 11.9 Å². The standard InChI is InChI=1S/C18H15F2N5O/c19-18(20,15-6-1-2-9-22-15)11-23-16-8-7-14(24-25-16)12-4-3-5-13(10-12)17(21)26/h1-10H,11H2,(H2,21,26)(H,23,25). The van der Waals surface area contributed by atoms with Crippen LogP contribution in [0, 0.1) is 0 Å². The van der Waals surface area contributed by atoms with E-state index in [1.54, 1.807) is 36.4 Å². The second-order valence-electron chi connectivity index (χ2n) is 5.52. The molecular weight excluding hydrogens is 340 g/mol. The fraction of sp³-hybridized carbons (Fsp3) is 0.111. The molecule has 26 heavy (non-hydrogen) atoms. The number of pyridine rings is 1. The summed E-state index contributed by atoms with van der Waals surface area (Å²) in [5.41, 5.74) is 6.43. The van der Waals surface area contributed by atoms with E-state index >= 15 is 0 Å². The molecule has 0 radical (unpaired) electrons. The summed E-state index contributed by atoms with van der Waals surface area (Å²) < 4.78 is 28.2. The summed E-state index contributed by atoms with van der Waals surface area (Å²) >= 11 is 0. The third-order valence-electron chi connectivity index (χ3n) is 3.64. The van der Waals surface area contributed by atoms with Gasteiger partial charge in [0.15, 0.2) is 0 Å². The third kappa shape index (κ3) is 3.97. The number of nitrogens with one attached hydrogen (secondary N) is 1. The van der Waals surface area contributed by atoms with Crippen molar-refractivity contribution in [2.24, 2.45) is 5.73 Å². The summed E-state index contributed by atoms with van der Waals surface area (Å²) in [6.45, 7) is -0.658. The molecule has 132 valence electrons. The van der Waals surface area contributed by atoms with Gasteiger partial charge in [-0.05, 0) is 36.4 Å². The molecule has 3 rings (SSSR count). The zero-order chi connectivity index (χ0) is 18.6.